The largest absolute Gasteiger partial charge is 0.396 e. The lowest BCUT2D eigenvalue weighted by Gasteiger charge is -2.23. The van der Waals surface area contributed by atoms with Crippen LogP contribution in [0.25, 0.3) is 0 Å². The lowest BCUT2D eigenvalue weighted by molar-refractivity contribution is 0.208. The Bertz CT molecular complexity index is 687. The zero-order valence-electron chi connectivity index (χ0n) is 14.8. The average Bonchev–Trinajstić information content (AvgIpc) is 3.20. The van der Waals surface area contributed by atoms with E-state index < -0.39 is 0 Å². The Morgan fingerprint density at radius 3 is 2.64 bits per heavy atom. The van der Waals surface area contributed by atoms with Crippen molar-refractivity contribution in [3.05, 3.63) is 17.7 Å². The summed E-state index contributed by atoms with van der Waals surface area (Å²) in [7, 11) is 0. The molecule has 0 bridgehead atoms. The quantitative estimate of drug-likeness (QED) is 0.824. The number of rotatable bonds is 7. The number of tetrazole rings is 1. The normalized spacial score (nSPS) is 21.4. The van der Waals surface area contributed by atoms with Gasteiger partial charge in [0.25, 0.3) is 0 Å². The van der Waals surface area contributed by atoms with Crippen molar-refractivity contribution in [1.82, 2.24) is 35.2 Å². The standard InChI is InChI=1S/C17H27N7O/c1-12(17-19-20-22-24(17)16-5-3-2-4-6-16)23-10-15(18-21-23)9-14(11-25)13-7-8-13/h10,12-14,16,25H,2-9,11H2,1H3. The molecule has 0 amide bonds. The highest BCUT2D eigenvalue weighted by Crippen LogP contribution is 2.38. The zero-order valence-corrected chi connectivity index (χ0v) is 14.8. The van der Waals surface area contributed by atoms with Crippen molar-refractivity contribution in [2.75, 3.05) is 6.61 Å². The molecule has 2 aliphatic carbocycles. The van der Waals surface area contributed by atoms with Crippen LogP contribution in [0.4, 0.5) is 0 Å². The highest BCUT2D eigenvalue weighted by atomic mass is 16.3. The Balaban J connectivity index is 1.48. The minimum Gasteiger partial charge on any atom is -0.396 e. The van der Waals surface area contributed by atoms with Crippen LogP contribution >= 0.6 is 0 Å². The van der Waals surface area contributed by atoms with Gasteiger partial charge in [-0.05, 0) is 61.3 Å². The second-order valence-electron chi connectivity index (χ2n) is 7.62. The summed E-state index contributed by atoms with van der Waals surface area (Å²) in [4.78, 5) is 0. The first kappa shape index (κ1) is 16.6. The molecule has 8 heteroatoms. The molecular formula is C17H27N7O. The lowest BCUT2D eigenvalue weighted by atomic mass is 9.95. The number of nitrogens with zero attached hydrogens (tertiary/aromatic N) is 7. The van der Waals surface area contributed by atoms with Crippen molar-refractivity contribution in [3.8, 4) is 0 Å². The van der Waals surface area contributed by atoms with E-state index >= 15 is 0 Å². The summed E-state index contributed by atoms with van der Waals surface area (Å²) in [6.45, 7) is 2.29. The third kappa shape index (κ3) is 3.58. The van der Waals surface area contributed by atoms with Gasteiger partial charge in [-0.25, -0.2) is 9.36 Å². The summed E-state index contributed by atoms with van der Waals surface area (Å²) in [5.74, 6) is 1.82. The molecule has 2 fully saturated rings. The SMILES string of the molecule is CC(c1nnnn1C1CCCCC1)n1cc(CC(CO)C2CC2)nn1. The van der Waals surface area contributed by atoms with Gasteiger partial charge in [-0.1, -0.05) is 24.5 Å². The van der Waals surface area contributed by atoms with E-state index in [4.69, 9.17) is 0 Å². The number of aliphatic hydroxyl groups is 1. The summed E-state index contributed by atoms with van der Waals surface area (Å²) in [6, 6.07) is 0.351. The smallest absolute Gasteiger partial charge is 0.176 e. The molecule has 4 rings (SSSR count). The molecule has 2 aliphatic rings. The van der Waals surface area contributed by atoms with E-state index in [0.717, 1.165) is 30.8 Å². The van der Waals surface area contributed by atoms with Gasteiger partial charge in [-0.15, -0.1) is 10.2 Å². The van der Waals surface area contributed by atoms with Crippen molar-refractivity contribution in [1.29, 1.82) is 0 Å². The summed E-state index contributed by atoms with van der Waals surface area (Å²) in [6.07, 6.45) is 11.3. The summed E-state index contributed by atoms with van der Waals surface area (Å²) in [5, 5.41) is 30.6. The number of hydrogen-bond acceptors (Lipinski definition) is 6. The molecule has 0 aliphatic heterocycles. The first-order valence-corrected chi connectivity index (χ1v) is 9.55. The lowest BCUT2D eigenvalue weighted by Crippen LogP contribution is -2.21. The molecule has 2 aromatic rings. The zero-order chi connectivity index (χ0) is 17.2. The molecule has 2 aromatic heterocycles. The maximum Gasteiger partial charge on any atom is 0.176 e. The Kier molecular flexibility index (Phi) is 4.78. The number of aromatic nitrogens is 7. The molecule has 2 atom stereocenters. The minimum atomic E-state index is -0.0494. The van der Waals surface area contributed by atoms with Crippen molar-refractivity contribution in [2.45, 2.75) is 70.4 Å². The molecule has 136 valence electrons. The second kappa shape index (κ2) is 7.19. The van der Waals surface area contributed by atoms with Crippen LogP contribution in [0.5, 0.6) is 0 Å². The first-order valence-electron chi connectivity index (χ1n) is 9.55. The Labute approximate surface area is 147 Å². The van der Waals surface area contributed by atoms with Crippen LogP contribution in [-0.2, 0) is 6.42 Å². The highest BCUT2D eigenvalue weighted by molar-refractivity contribution is 5.01. The van der Waals surface area contributed by atoms with E-state index in [-0.39, 0.29) is 12.6 Å². The Morgan fingerprint density at radius 1 is 1.12 bits per heavy atom. The van der Waals surface area contributed by atoms with E-state index in [2.05, 4.69) is 32.8 Å². The van der Waals surface area contributed by atoms with Gasteiger partial charge in [-0.3, -0.25) is 0 Å². The van der Waals surface area contributed by atoms with Crippen LogP contribution in [0, 0.1) is 11.8 Å². The summed E-state index contributed by atoms with van der Waals surface area (Å²) < 4.78 is 3.84. The van der Waals surface area contributed by atoms with Gasteiger partial charge in [0.05, 0.1) is 11.7 Å². The monoisotopic (exact) mass is 345 g/mol. The average molecular weight is 345 g/mol. The van der Waals surface area contributed by atoms with E-state index in [9.17, 15) is 5.11 Å². The minimum absolute atomic E-state index is 0.0494. The number of hydrogen-bond donors (Lipinski definition) is 1. The van der Waals surface area contributed by atoms with Crippen molar-refractivity contribution in [3.63, 3.8) is 0 Å². The van der Waals surface area contributed by atoms with Crippen molar-refractivity contribution in [2.24, 2.45) is 11.8 Å². The number of aliphatic hydroxyl groups excluding tert-OH is 1. The van der Waals surface area contributed by atoms with Crippen LogP contribution in [0.2, 0.25) is 0 Å². The topological polar surface area (TPSA) is 94.5 Å². The van der Waals surface area contributed by atoms with Crippen LogP contribution in [0.15, 0.2) is 6.20 Å². The first-order chi connectivity index (χ1) is 12.3. The molecule has 2 heterocycles. The predicted octanol–water partition coefficient (Wildman–Crippen LogP) is 1.94. The van der Waals surface area contributed by atoms with E-state index in [1.807, 2.05) is 15.6 Å². The molecule has 0 radical (unpaired) electrons. The predicted molar refractivity (Wildman–Crippen MR) is 90.8 cm³/mol. The maximum absolute atomic E-state index is 9.56. The molecule has 0 spiro atoms. The molecule has 2 saturated carbocycles. The van der Waals surface area contributed by atoms with Gasteiger partial charge < -0.3 is 5.11 Å². The molecule has 25 heavy (non-hydrogen) atoms. The second-order valence-corrected chi connectivity index (χ2v) is 7.62. The van der Waals surface area contributed by atoms with Crippen molar-refractivity contribution >= 4 is 0 Å². The molecule has 0 aromatic carbocycles. The van der Waals surface area contributed by atoms with Gasteiger partial charge >= 0.3 is 0 Å². The molecule has 0 saturated heterocycles. The fourth-order valence-corrected chi connectivity index (χ4v) is 3.99. The fraction of sp³-hybridized carbons (Fsp3) is 0.824. The van der Waals surface area contributed by atoms with Crippen LogP contribution in [0.3, 0.4) is 0 Å². The maximum atomic E-state index is 9.56. The Hall–Kier alpha value is -1.83. The van der Waals surface area contributed by atoms with Gasteiger partial charge in [0.1, 0.15) is 6.04 Å². The van der Waals surface area contributed by atoms with Crippen LogP contribution < -0.4 is 0 Å². The van der Waals surface area contributed by atoms with Crippen LogP contribution in [-0.4, -0.2) is 46.9 Å². The van der Waals surface area contributed by atoms with Gasteiger partial charge in [0.15, 0.2) is 5.82 Å². The Morgan fingerprint density at radius 2 is 1.92 bits per heavy atom. The van der Waals surface area contributed by atoms with Crippen LogP contribution in [0.1, 0.15) is 75.5 Å². The third-order valence-corrected chi connectivity index (χ3v) is 5.76. The summed E-state index contributed by atoms with van der Waals surface area (Å²) in [5.41, 5.74) is 0.939. The third-order valence-electron chi connectivity index (χ3n) is 5.76. The molecule has 1 N–H and O–H groups in total. The van der Waals surface area contributed by atoms with E-state index in [0.29, 0.717) is 17.9 Å². The highest BCUT2D eigenvalue weighted by Gasteiger charge is 2.31. The molecular weight excluding hydrogens is 318 g/mol. The fourth-order valence-electron chi connectivity index (χ4n) is 3.99. The van der Waals surface area contributed by atoms with Gasteiger partial charge in [-0.2, -0.15) is 0 Å². The van der Waals surface area contributed by atoms with E-state index in [1.165, 1.54) is 32.1 Å². The van der Waals surface area contributed by atoms with Gasteiger partial charge in [0, 0.05) is 12.8 Å². The summed E-state index contributed by atoms with van der Waals surface area (Å²) >= 11 is 0. The van der Waals surface area contributed by atoms with E-state index in [1.54, 1.807) is 0 Å². The molecule has 8 nitrogen and oxygen atoms in total. The van der Waals surface area contributed by atoms with Gasteiger partial charge in [0.2, 0.25) is 0 Å². The molecule has 2 unspecified atom stereocenters. The van der Waals surface area contributed by atoms with Crippen molar-refractivity contribution < 1.29 is 5.11 Å².